The monoisotopic (exact) mass is 396 g/mol. The van der Waals surface area contributed by atoms with E-state index in [1.165, 1.54) is 0 Å². The molecule has 1 aliphatic rings. The predicted molar refractivity (Wildman–Crippen MR) is 94.6 cm³/mol. The molecule has 0 aromatic rings. The minimum Gasteiger partial charge on any atom is -0.356 e. The summed E-state index contributed by atoms with van der Waals surface area (Å²) in [4.78, 5) is 15.6. The van der Waals surface area contributed by atoms with Crippen molar-refractivity contribution in [1.29, 1.82) is 0 Å². The maximum atomic E-state index is 11.5. The number of carbonyl (C=O) groups is 1. The van der Waals surface area contributed by atoms with E-state index in [9.17, 15) is 4.79 Å². The highest BCUT2D eigenvalue weighted by Crippen LogP contribution is 2.18. The van der Waals surface area contributed by atoms with Crippen molar-refractivity contribution in [1.82, 2.24) is 16.0 Å². The summed E-state index contributed by atoms with van der Waals surface area (Å²) >= 11 is 0. The summed E-state index contributed by atoms with van der Waals surface area (Å²) in [6, 6.07) is 0.464. The molecule has 0 spiro atoms. The Morgan fingerprint density at radius 2 is 1.90 bits per heavy atom. The van der Waals surface area contributed by atoms with Gasteiger partial charge in [-0.15, -0.1) is 24.0 Å². The normalized spacial score (nSPS) is 14.7. The molecule has 0 saturated heterocycles. The Kier molecular flexibility index (Phi) is 10.9. The van der Waals surface area contributed by atoms with Gasteiger partial charge in [0.05, 0.1) is 0 Å². The molecular formula is C14H29IN4O. The maximum absolute atomic E-state index is 11.5. The predicted octanol–water partition coefficient (Wildman–Crippen LogP) is 1.87. The van der Waals surface area contributed by atoms with E-state index in [0.717, 1.165) is 44.7 Å². The lowest BCUT2D eigenvalue weighted by Gasteiger charge is -2.12. The fraction of sp³-hybridized carbons (Fsp3) is 0.857. The van der Waals surface area contributed by atoms with Crippen molar-refractivity contribution in [2.75, 3.05) is 20.1 Å². The zero-order valence-electron chi connectivity index (χ0n) is 12.9. The summed E-state index contributed by atoms with van der Waals surface area (Å²) in [5.74, 6) is 1.69. The number of halogens is 1. The van der Waals surface area contributed by atoms with E-state index in [4.69, 9.17) is 0 Å². The maximum Gasteiger partial charge on any atom is 0.220 e. The number of carbonyl (C=O) groups excluding carboxylic acids is 1. The molecule has 1 fully saturated rings. The van der Waals surface area contributed by atoms with Gasteiger partial charge in [0.25, 0.3) is 0 Å². The molecule has 1 saturated carbocycles. The molecule has 0 aromatic carbocycles. The van der Waals surface area contributed by atoms with Crippen LogP contribution in [0, 0.1) is 5.92 Å². The van der Waals surface area contributed by atoms with Crippen molar-refractivity contribution >= 4 is 35.8 Å². The second-order valence-electron chi connectivity index (χ2n) is 5.55. The van der Waals surface area contributed by atoms with Crippen LogP contribution in [0.1, 0.15) is 46.0 Å². The molecule has 0 aromatic heterocycles. The highest BCUT2D eigenvalue weighted by molar-refractivity contribution is 14.0. The molecule has 5 nitrogen and oxygen atoms in total. The number of aliphatic imine (C=N–C) groups is 1. The number of hydrogen-bond acceptors (Lipinski definition) is 2. The lowest BCUT2D eigenvalue weighted by atomic mass is 10.1. The van der Waals surface area contributed by atoms with Crippen LogP contribution in [0.5, 0.6) is 0 Å². The minimum atomic E-state index is 0. The van der Waals surface area contributed by atoms with Crippen molar-refractivity contribution in [2.45, 2.75) is 52.0 Å². The quantitative estimate of drug-likeness (QED) is 0.254. The largest absolute Gasteiger partial charge is 0.356 e. The first-order valence-electron chi connectivity index (χ1n) is 7.35. The van der Waals surface area contributed by atoms with Gasteiger partial charge in [-0.05, 0) is 31.6 Å². The lowest BCUT2D eigenvalue weighted by Crippen LogP contribution is -2.38. The second-order valence-corrected chi connectivity index (χ2v) is 5.55. The van der Waals surface area contributed by atoms with Crippen LogP contribution in [0.15, 0.2) is 4.99 Å². The summed E-state index contributed by atoms with van der Waals surface area (Å²) < 4.78 is 0. The molecule has 3 N–H and O–H groups in total. The summed E-state index contributed by atoms with van der Waals surface area (Å²) in [5.41, 5.74) is 0. The Balaban J connectivity index is 0.00000361. The average Bonchev–Trinajstić information content (AvgIpc) is 3.15. The fourth-order valence-corrected chi connectivity index (χ4v) is 1.68. The minimum absolute atomic E-state index is 0. The summed E-state index contributed by atoms with van der Waals surface area (Å²) in [6.07, 6.45) is 4.85. The van der Waals surface area contributed by atoms with Gasteiger partial charge in [-0.25, -0.2) is 0 Å². The van der Waals surface area contributed by atoms with Crippen LogP contribution in [0.2, 0.25) is 0 Å². The van der Waals surface area contributed by atoms with Crippen LogP contribution in [0.25, 0.3) is 0 Å². The van der Waals surface area contributed by atoms with Gasteiger partial charge in [-0.3, -0.25) is 9.79 Å². The first-order chi connectivity index (χ1) is 9.11. The Morgan fingerprint density at radius 3 is 2.45 bits per heavy atom. The SMILES string of the molecule is CN=C(NCCCC(=O)NC1CC1)NCCC(C)C.I. The van der Waals surface area contributed by atoms with Gasteiger partial charge in [-0.1, -0.05) is 13.8 Å². The van der Waals surface area contributed by atoms with E-state index in [0.29, 0.717) is 18.4 Å². The van der Waals surface area contributed by atoms with E-state index in [1.54, 1.807) is 7.05 Å². The number of amides is 1. The molecule has 0 bridgehead atoms. The van der Waals surface area contributed by atoms with Gasteiger partial charge in [-0.2, -0.15) is 0 Å². The van der Waals surface area contributed by atoms with Crippen LogP contribution < -0.4 is 16.0 Å². The molecule has 1 rings (SSSR count). The topological polar surface area (TPSA) is 65.5 Å². The molecule has 20 heavy (non-hydrogen) atoms. The second kappa shape index (κ2) is 11.2. The molecule has 6 heteroatoms. The van der Waals surface area contributed by atoms with E-state index < -0.39 is 0 Å². The smallest absolute Gasteiger partial charge is 0.220 e. The van der Waals surface area contributed by atoms with Crippen molar-refractivity contribution in [3.8, 4) is 0 Å². The molecule has 118 valence electrons. The third-order valence-electron chi connectivity index (χ3n) is 3.05. The highest BCUT2D eigenvalue weighted by Gasteiger charge is 2.22. The van der Waals surface area contributed by atoms with Crippen molar-refractivity contribution in [3.05, 3.63) is 0 Å². The van der Waals surface area contributed by atoms with E-state index in [-0.39, 0.29) is 29.9 Å². The van der Waals surface area contributed by atoms with Crippen LogP contribution in [-0.2, 0) is 4.79 Å². The van der Waals surface area contributed by atoms with Gasteiger partial charge in [0.2, 0.25) is 5.91 Å². The third-order valence-corrected chi connectivity index (χ3v) is 3.05. The summed E-state index contributed by atoms with van der Waals surface area (Å²) in [5, 5.41) is 9.49. The molecule has 1 aliphatic carbocycles. The third kappa shape index (κ3) is 10.3. The average molecular weight is 396 g/mol. The zero-order valence-corrected chi connectivity index (χ0v) is 15.2. The van der Waals surface area contributed by atoms with Crippen molar-refractivity contribution in [3.63, 3.8) is 0 Å². The summed E-state index contributed by atoms with van der Waals surface area (Å²) in [6.45, 7) is 6.12. The Bertz CT molecular complexity index is 304. The number of guanidine groups is 1. The molecule has 1 amide bonds. The molecular weight excluding hydrogens is 367 g/mol. The fourth-order valence-electron chi connectivity index (χ4n) is 1.68. The molecule has 0 heterocycles. The summed E-state index contributed by atoms with van der Waals surface area (Å²) in [7, 11) is 1.77. The van der Waals surface area contributed by atoms with Crippen LogP contribution in [-0.4, -0.2) is 38.0 Å². The van der Waals surface area contributed by atoms with Crippen molar-refractivity contribution < 1.29 is 4.79 Å². The number of nitrogens with zero attached hydrogens (tertiary/aromatic N) is 1. The Hall–Kier alpha value is -0.530. The van der Waals surface area contributed by atoms with Gasteiger partial charge >= 0.3 is 0 Å². The Morgan fingerprint density at radius 1 is 1.25 bits per heavy atom. The Labute approximate surface area is 139 Å². The zero-order chi connectivity index (χ0) is 14.1. The van der Waals surface area contributed by atoms with E-state index >= 15 is 0 Å². The van der Waals surface area contributed by atoms with Crippen LogP contribution in [0.4, 0.5) is 0 Å². The molecule has 0 atom stereocenters. The van der Waals surface area contributed by atoms with Gasteiger partial charge < -0.3 is 16.0 Å². The standard InChI is InChI=1S/C14H28N4O.HI/c1-11(2)8-10-17-14(15-3)16-9-4-5-13(19)18-12-6-7-12;/h11-12H,4-10H2,1-3H3,(H,18,19)(H2,15,16,17);1H. The first-order valence-corrected chi connectivity index (χ1v) is 7.35. The van der Waals surface area contributed by atoms with E-state index in [2.05, 4.69) is 34.8 Å². The van der Waals surface area contributed by atoms with Crippen molar-refractivity contribution in [2.24, 2.45) is 10.9 Å². The van der Waals surface area contributed by atoms with Gasteiger partial charge in [0, 0.05) is 32.6 Å². The number of hydrogen-bond donors (Lipinski definition) is 3. The van der Waals surface area contributed by atoms with E-state index in [1.807, 2.05) is 0 Å². The first kappa shape index (κ1) is 19.5. The molecule has 0 aliphatic heterocycles. The number of rotatable bonds is 8. The molecule has 0 unspecified atom stereocenters. The van der Waals surface area contributed by atoms with Gasteiger partial charge in [0.1, 0.15) is 0 Å². The van der Waals surface area contributed by atoms with Crippen LogP contribution >= 0.6 is 24.0 Å². The number of nitrogens with one attached hydrogen (secondary N) is 3. The lowest BCUT2D eigenvalue weighted by molar-refractivity contribution is -0.121. The highest BCUT2D eigenvalue weighted by atomic mass is 127. The van der Waals surface area contributed by atoms with Crippen LogP contribution in [0.3, 0.4) is 0 Å². The van der Waals surface area contributed by atoms with Gasteiger partial charge in [0.15, 0.2) is 5.96 Å². The molecule has 0 radical (unpaired) electrons.